The predicted octanol–water partition coefficient (Wildman–Crippen LogP) is 5.09. The van der Waals surface area contributed by atoms with Crippen LogP contribution in [0.25, 0.3) is 0 Å². The number of rotatable bonds is 4. The zero-order valence-electron chi connectivity index (χ0n) is 14.5. The van der Waals surface area contributed by atoms with Crippen molar-refractivity contribution in [2.75, 3.05) is 17.3 Å². The summed E-state index contributed by atoms with van der Waals surface area (Å²) in [5.74, 6) is -1.11. The number of carbonyl (C=O) groups is 2. The average molecular weight is 388 g/mol. The zero-order chi connectivity index (χ0) is 18.8. The Hall–Kier alpha value is -2.51. The molecular weight excluding hydrogens is 371 g/mol. The minimum absolute atomic E-state index is 0.160. The lowest BCUT2D eigenvalue weighted by atomic mass is 10.2. The van der Waals surface area contributed by atoms with Crippen LogP contribution in [0.2, 0.25) is 0 Å². The lowest BCUT2D eigenvalue weighted by Gasteiger charge is -2.18. The van der Waals surface area contributed by atoms with Crippen molar-refractivity contribution in [3.8, 4) is 0 Å². The van der Waals surface area contributed by atoms with E-state index in [9.17, 15) is 14.0 Å². The highest BCUT2D eigenvalue weighted by Gasteiger charge is 2.20. The summed E-state index contributed by atoms with van der Waals surface area (Å²) >= 11 is 2.66. The van der Waals surface area contributed by atoms with Crippen molar-refractivity contribution in [1.29, 1.82) is 0 Å². The smallest absolute Gasteiger partial charge is 0.268 e. The Morgan fingerprint density at radius 2 is 1.62 bits per heavy atom. The summed E-state index contributed by atoms with van der Waals surface area (Å²) in [5, 5.41) is 6.35. The summed E-state index contributed by atoms with van der Waals surface area (Å²) in [5.41, 5.74) is 2.24. The number of amides is 2. The van der Waals surface area contributed by atoms with Gasteiger partial charge in [0.2, 0.25) is 0 Å². The van der Waals surface area contributed by atoms with E-state index in [0.717, 1.165) is 11.1 Å². The Morgan fingerprint density at radius 1 is 1.00 bits per heavy atom. The van der Waals surface area contributed by atoms with Gasteiger partial charge in [0.15, 0.2) is 0 Å². The summed E-state index contributed by atoms with van der Waals surface area (Å²) in [6, 6.07) is 8.02. The summed E-state index contributed by atoms with van der Waals surface area (Å²) < 4.78 is 14.5. The van der Waals surface area contributed by atoms with Crippen molar-refractivity contribution < 1.29 is 14.0 Å². The first kappa shape index (κ1) is 18.3. The SMILES string of the molecule is Cc1ccsc1C(=O)Nc1ccc(N(C)C(=O)c2sccc2C)c(F)c1. The van der Waals surface area contributed by atoms with Crippen LogP contribution in [0.4, 0.5) is 15.8 Å². The largest absolute Gasteiger partial charge is 0.321 e. The fraction of sp³-hybridized carbons (Fsp3) is 0.158. The fourth-order valence-corrected chi connectivity index (χ4v) is 4.22. The third-order valence-electron chi connectivity index (χ3n) is 4.00. The molecule has 1 aromatic carbocycles. The van der Waals surface area contributed by atoms with Gasteiger partial charge in [-0.25, -0.2) is 4.39 Å². The molecule has 0 aliphatic heterocycles. The number of hydrogen-bond donors (Lipinski definition) is 1. The molecule has 1 N–H and O–H groups in total. The van der Waals surface area contributed by atoms with Gasteiger partial charge in [0.05, 0.1) is 15.4 Å². The number of nitrogens with one attached hydrogen (secondary N) is 1. The van der Waals surface area contributed by atoms with Gasteiger partial charge < -0.3 is 10.2 Å². The summed E-state index contributed by atoms with van der Waals surface area (Å²) in [7, 11) is 1.53. The third kappa shape index (κ3) is 3.54. The maximum atomic E-state index is 14.5. The highest BCUT2D eigenvalue weighted by atomic mass is 32.1. The highest BCUT2D eigenvalue weighted by Crippen LogP contribution is 2.26. The van der Waals surface area contributed by atoms with E-state index >= 15 is 0 Å². The van der Waals surface area contributed by atoms with Crippen molar-refractivity contribution >= 4 is 45.9 Å². The predicted molar refractivity (Wildman–Crippen MR) is 105 cm³/mol. The molecule has 0 aliphatic rings. The minimum atomic E-state index is -0.573. The molecule has 0 radical (unpaired) electrons. The molecule has 3 rings (SSSR count). The van der Waals surface area contributed by atoms with Crippen molar-refractivity contribution in [2.45, 2.75) is 13.8 Å². The molecule has 2 heterocycles. The molecular formula is C19H17FN2O2S2. The fourth-order valence-electron chi connectivity index (χ4n) is 2.50. The maximum absolute atomic E-state index is 14.5. The Morgan fingerprint density at radius 3 is 2.15 bits per heavy atom. The molecule has 3 aromatic rings. The van der Waals surface area contributed by atoms with Gasteiger partial charge in [-0.3, -0.25) is 9.59 Å². The van der Waals surface area contributed by atoms with E-state index in [1.165, 1.54) is 46.8 Å². The van der Waals surface area contributed by atoms with Gasteiger partial charge >= 0.3 is 0 Å². The number of benzene rings is 1. The Bertz CT molecular complexity index is 978. The normalized spacial score (nSPS) is 10.6. The number of nitrogens with zero attached hydrogens (tertiary/aromatic N) is 1. The minimum Gasteiger partial charge on any atom is -0.321 e. The number of aryl methyl sites for hydroxylation is 2. The molecule has 0 atom stereocenters. The first-order valence-electron chi connectivity index (χ1n) is 7.85. The molecule has 0 saturated heterocycles. The molecule has 134 valence electrons. The zero-order valence-corrected chi connectivity index (χ0v) is 16.1. The lowest BCUT2D eigenvalue weighted by Crippen LogP contribution is -2.27. The van der Waals surface area contributed by atoms with E-state index in [4.69, 9.17) is 0 Å². The van der Waals surface area contributed by atoms with E-state index in [-0.39, 0.29) is 17.5 Å². The molecule has 0 bridgehead atoms. The first-order chi connectivity index (χ1) is 12.4. The molecule has 2 amide bonds. The molecule has 26 heavy (non-hydrogen) atoms. The van der Waals surface area contributed by atoms with E-state index in [1.54, 1.807) is 6.07 Å². The second-order valence-electron chi connectivity index (χ2n) is 5.85. The van der Waals surface area contributed by atoms with Crippen LogP contribution in [0.5, 0.6) is 0 Å². The Labute approximate surface area is 158 Å². The lowest BCUT2D eigenvalue weighted by molar-refractivity contribution is 0.0993. The van der Waals surface area contributed by atoms with Crippen molar-refractivity contribution in [1.82, 2.24) is 0 Å². The van der Waals surface area contributed by atoms with Crippen LogP contribution in [0.1, 0.15) is 30.5 Å². The molecule has 2 aromatic heterocycles. The van der Waals surface area contributed by atoms with Gasteiger partial charge in [0, 0.05) is 12.7 Å². The van der Waals surface area contributed by atoms with Crippen LogP contribution in [0, 0.1) is 19.7 Å². The number of thiophene rings is 2. The molecule has 0 spiro atoms. The molecule has 7 heteroatoms. The summed E-state index contributed by atoms with van der Waals surface area (Å²) in [6.07, 6.45) is 0. The monoisotopic (exact) mass is 388 g/mol. The number of hydrogen-bond acceptors (Lipinski definition) is 4. The second kappa shape index (κ2) is 7.39. The van der Waals surface area contributed by atoms with Gasteiger partial charge in [0.25, 0.3) is 11.8 Å². The van der Waals surface area contributed by atoms with Crippen LogP contribution in [-0.2, 0) is 0 Å². The van der Waals surface area contributed by atoms with Crippen LogP contribution >= 0.6 is 22.7 Å². The van der Waals surface area contributed by atoms with Crippen LogP contribution in [-0.4, -0.2) is 18.9 Å². The summed E-state index contributed by atoms with van der Waals surface area (Å²) in [6.45, 7) is 3.70. The molecule has 0 unspecified atom stereocenters. The van der Waals surface area contributed by atoms with E-state index < -0.39 is 5.82 Å². The van der Waals surface area contributed by atoms with Crippen LogP contribution in [0.3, 0.4) is 0 Å². The third-order valence-corrected chi connectivity index (χ3v) is 6.02. The van der Waals surface area contributed by atoms with Gasteiger partial charge in [-0.2, -0.15) is 0 Å². The van der Waals surface area contributed by atoms with Gasteiger partial charge in [-0.05, 0) is 66.1 Å². The molecule has 0 aliphatic carbocycles. The number of carbonyl (C=O) groups excluding carboxylic acids is 2. The number of halogens is 1. The molecule has 4 nitrogen and oxygen atoms in total. The van der Waals surface area contributed by atoms with Gasteiger partial charge in [-0.1, -0.05) is 0 Å². The van der Waals surface area contributed by atoms with Crippen molar-refractivity contribution in [3.63, 3.8) is 0 Å². The molecule has 0 fully saturated rings. The van der Waals surface area contributed by atoms with Crippen molar-refractivity contribution in [2.24, 2.45) is 0 Å². The standard InChI is InChI=1S/C19H17FN2O2S2/c1-11-6-8-25-16(11)18(23)21-13-4-5-15(14(20)10-13)22(3)19(24)17-12(2)7-9-26-17/h4-10H,1-3H3,(H,21,23). The maximum Gasteiger partial charge on any atom is 0.268 e. The topological polar surface area (TPSA) is 49.4 Å². The highest BCUT2D eigenvalue weighted by molar-refractivity contribution is 7.12. The van der Waals surface area contributed by atoms with E-state index in [0.29, 0.717) is 15.4 Å². The second-order valence-corrected chi connectivity index (χ2v) is 7.68. The van der Waals surface area contributed by atoms with Crippen LogP contribution in [0.15, 0.2) is 41.1 Å². The van der Waals surface area contributed by atoms with Gasteiger partial charge in [0.1, 0.15) is 5.82 Å². The van der Waals surface area contributed by atoms with Crippen LogP contribution < -0.4 is 10.2 Å². The average Bonchev–Trinajstić information content (AvgIpc) is 3.22. The Kier molecular flexibility index (Phi) is 5.20. The first-order valence-corrected chi connectivity index (χ1v) is 9.61. The van der Waals surface area contributed by atoms with E-state index in [2.05, 4.69) is 5.32 Å². The summed E-state index contributed by atoms with van der Waals surface area (Å²) in [4.78, 5) is 27.2. The van der Waals surface area contributed by atoms with E-state index in [1.807, 2.05) is 36.7 Å². The molecule has 0 saturated carbocycles. The van der Waals surface area contributed by atoms with Gasteiger partial charge in [-0.15, -0.1) is 22.7 Å². The number of anilines is 2. The van der Waals surface area contributed by atoms with Crippen molar-refractivity contribution in [3.05, 3.63) is 67.8 Å². The quantitative estimate of drug-likeness (QED) is 0.676. The Balaban J connectivity index is 1.79.